The summed E-state index contributed by atoms with van der Waals surface area (Å²) >= 11 is 0. The predicted octanol–water partition coefficient (Wildman–Crippen LogP) is 4.82. The van der Waals surface area contributed by atoms with Crippen molar-refractivity contribution in [2.24, 2.45) is 0 Å². The molecule has 0 spiro atoms. The van der Waals surface area contributed by atoms with Crippen LogP contribution < -0.4 is 10.1 Å². The van der Waals surface area contributed by atoms with E-state index in [-0.39, 0.29) is 0 Å². The summed E-state index contributed by atoms with van der Waals surface area (Å²) in [6.07, 6.45) is 2.14. The van der Waals surface area contributed by atoms with Crippen LogP contribution in [0.25, 0.3) is 0 Å². The van der Waals surface area contributed by atoms with Crippen molar-refractivity contribution in [2.75, 3.05) is 12.4 Å². The van der Waals surface area contributed by atoms with Gasteiger partial charge in [-0.05, 0) is 48.2 Å². The highest BCUT2D eigenvalue weighted by molar-refractivity contribution is 5.48. The van der Waals surface area contributed by atoms with Gasteiger partial charge in [-0.3, -0.25) is 0 Å². The van der Waals surface area contributed by atoms with E-state index in [1.165, 1.54) is 11.1 Å². The van der Waals surface area contributed by atoms with Crippen molar-refractivity contribution in [1.82, 2.24) is 0 Å². The lowest BCUT2D eigenvalue weighted by atomic mass is 10.0. The molecule has 0 aromatic heterocycles. The topological polar surface area (TPSA) is 21.3 Å². The van der Waals surface area contributed by atoms with Gasteiger partial charge in [0.15, 0.2) is 0 Å². The molecule has 2 aromatic carbocycles. The van der Waals surface area contributed by atoms with E-state index < -0.39 is 0 Å². The van der Waals surface area contributed by atoms with Crippen LogP contribution in [0.5, 0.6) is 5.75 Å². The molecule has 0 aliphatic heterocycles. The van der Waals surface area contributed by atoms with Gasteiger partial charge >= 0.3 is 0 Å². The van der Waals surface area contributed by atoms with E-state index in [2.05, 4.69) is 55.6 Å². The lowest BCUT2D eigenvalue weighted by Crippen LogP contribution is -2.09. The zero-order chi connectivity index (χ0) is 14.4. The molecule has 2 nitrogen and oxygen atoms in total. The minimum Gasteiger partial charge on any atom is -0.497 e. The summed E-state index contributed by atoms with van der Waals surface area (Å²) < 4.78 is 5.18. The van der Waals surface area contributed by atoms with E-state index in [0.717, 1.165) is 24.3 Å². The first-order valence-corrected chi connectivity index (χ1v) is 7.26. The normalized spacial score (nSPS) is 11.9. The third-order valence-corrected chi connectivity index (χ3v) is 3.63. The lowest BCUT2D eigenvalue weighted by molar-refractivity contribution is 0.415. The molecule has 1 N–H and O–H groups in total. The van der Waals surface area contributed by atoms with E-state index in [1.807, 2.05) is 12.1 Å². The minimum absolute atomic E-state index is 0.342. The molecule has 106 valence electrons. The fourth-order valence-corrected chi connectivity index (χ4v) is 2.30. The molecule has 2 heteroatoms. The Balaban J connectivity index is 2.10. The molecular formula is C18H23NO. The highest BCUT2D eigenvalue weighted by atomic mass is 16.5. The van der Waals surface area contributed by atoms with Gasteiger partial charge in [0, 0.05) is 5.69 Å². The molecular weight excluding hydrogens is 246 g/mol. The van der Waals surface area contributed by atoms with Gasteiger partial charge in [0.25, 0.3) is 0 Å². The summed E-state index contributed by atoms with van der Waals surface area (Å²) in [5.74, 6) is 0.885. The minimum atomic E-state index is 0.342. The van der Waals surface area contributed by atoms with E-state index in [1.54, 1.807) is 7.11 Å². The van der Waals surface area contributed by atoms with Crippen molar-refractivity contribution < 1.29 is 4.74 Å². The largest absolute Gasteiger partial charge is 0.497 e. The molecule has 0 aliphatic carbocycles. The summed E-state index contributed by atoms with van der Waals surface area (Å²) in [5.41, 5.74) is 3.84. The molecule has 0 saturated carbocycles. The first-order chi connectivity index (χ1) is 9.76. The molecule has 0 heterocycles. The van der Waals surface area contributed by atoms with Gasteiger partial charge in [-0.1, -0.05) is 38.1 Å². The Morgan fingerprint density at radius 3 is 2.10 bits per heavy atom. The maximum absolute atomic E-state index is 5.18. The second-order valence-corrected chi connectivity index (χ2v) is 4.93. The molecule has 2 rings (SSSR count). The zero-order valence-electron chi connectivity index (χ0n) is 12.5. The zero-order valence-corrected chi connectivity index (χ0v) is 12.5. The molecule has 0 amide bonds. The number of hydrogen-bond donors (Lipinski definition) is 1. The van der Waals surface area contributed by atoms with Crippen LogP contribution in [-0.2, 0) is 6.42 Å². The van der Waals surface area contributed by atoms with Crippen LogP contribution in [0.1, 0.15) is 37.4 Å². The second kappa shape index (κ2) is 6.99. The van der Waals surface area contributed by atoms with Crippen molar-refractivity contribution in [3.8, 4) is 5.75 Å². The third-order valence-electron chi connectivity index (χ3n) is 3.63. The molecule has 0 fully saturated rings. The number of nitrogens with one attached hydrogen (secondary N) is 1. The van der Waals surface area contributed by atoms with Crippen molar-refractivity contribution in [1.29, 1.82) is 0 Å². The predicted molar refractivity (Wildman–Crippen MR) is 85.5 cm³/mol. The van der Waals surface area contributed by atoms with Gasteiger partial charge in [-0.2, -0.15) is 0 Å². The molecule has 20 heavy (non-hydrogen) atoms. The number of aryl methyl sites for hydroxylation is 1. The van der Waals surface area contributed by atoms with E-state index in [4.69, 9.17) is 4.74 Å². The molecule has 1 unspecified atom stereocenters. The van der Waals surface area contributed by atoms with Gasteiger partial charge in [-0.15, -0.1) is 0 Å². The van der Waals surface area contributed by atoms with Crippen LogP contribution in [0.4, 0.5) is 5.69 Å². The van der Waals surface area contributed by atoms with Crippen molar-refractivity contribution in [3.05, 3.63) is 59.7 Å². The van der Waals surface area contributed by atoms with E-state index in [9.17, 15) is 0 Å². The smallest absolute Gasteiger partial charge is 0.119 e. The van der Waals surface area contributed by atoms with Gasteiger partial charge < -0.3 is 10.1 Å². The van der Waals surface area contributed by atoms with Crippen LogP contribution in [0.15, 0.2) is 48.5 Å². The average molecular weight is 269 g/mol. The SMILES string of the molecule is CCc1ccc(C(CC)Nc2ccc(OC)cc2)cc1. The Morgan fingerprint density at radius 2 is 1.60 bits per heavy atom. The quantitative estimate of drug-likeness (QED) is 0.811. The number of ether oxygens (including phenoxy) is 1. The van der Waals surface area contributed by atoms with Crippen molar-refractivity contribution >= 4 is 5.69 Å². The van der Waals surface area contributed by atoms with Crippen molar-refractivity contribution in [3.63, 3.8) is 0 Å². The number of benzene rings is 2. The molecule has 0 radical (unpaired) electrons. The van der Waals surface area contributed by atoms with Crippen LogP contribution in [0, 0.1) is 0 Å². The van der Waals surface area contributed by atoms with E-state index >= 15 is 0 Å². The molecule has 0 aliphatic rings. The van der Waals surface area contributed by atoms with Crippen LogP contribution in [-0.4, -0.2) is 7.11 Å². The maximum atomic E-state index is 5.18. The Labute approximate surface area is 121 Å². The Morgan fingerprint density at radius 1 is 0.950 bits per heavy atom. The summed E-state index contributed by atoms with van der Waals surface area (Å²) in [5, 5.41) is 3.58. The maximum Gasteiger partial charge on any atom is 0.119 e. The summed E-state index contributed by atoms with van der Waals surface area (Å²) in [6, 6.07) is 17.3. The Hall–Kier alpha value is -1.96. The van der Waals surface area contributed by atoms with Crippen molar-refractivity contribution in [2.45, 2.75) is 32.7 Å². The second-order valence-electron chi connectivity index (χ2n) is 4.93. The highest BCUT2D eigenvalue weighted by Gasteiger charge is 2.09. The van der Waals surface area contributed by atoms with Gasteiger partial charge in [0.1, 0.15) is 5.75 Å². The van der Waals surface area contributed by atoms with Crippen LogP contribution >= 0.6 is 0 Å². The van der Waals surface area contributed by atoms with Crippen LogP contribution in [0.3, 0.4) is 0 Å². The highest BCUT2D eigenvalue weighted by Crippen LogP contribution is 2.24. The van der Waals surface area contributed by atoms with Crippen LogP contribution in [0.2, 0.25) is 0 Å². The first kappa shape index (κ1) is 14.4. The van der Waals surface area contributed by atoms with Gasteiger partial charge in [0.05, 0.1) is 13.2 Å². The standard InChI is InChI=1S/C18H23NO/c1-4-14-6-8-15(9-7-14)18(5-2)19-16-10-12-17(20-3)13-11-16/h6-13,18-19H,4-5H2,1-3H3. The summed E-state index contributed by atoms with van der Waals surface area (Å²) in [6.45, 7) is 4.39. The molecule has 1 atom stereocenters. The third kappa shape index (κ3) is 3.53. The first-order valence-electron chi connectivity index (χ1n) is 7.26. The number of anilines is 1. The summed E-state index contributed by atoms with van der Waals surface area (Å²) in [7, 11) is 1.69. The monoisotopic (exact) mass is 269 g/mol. The Kier molecular flexibility index (Phi) is 5.05. The van der Waals surface area contributed by atoms with Gasteiger partial charge in [-0.25, -0.2) is 0 Å². The fourth-order valence-electron chi connectivity index (χ4n) is 2.30. The fraction of sp³-hybridized carbons (Fsp3) is 0.333. The average Bonchev–Trinajstić information content (AvgIpc) is 2.53. The number of rotatable bonds is 6. The van der Waals surface area contributed by atoms with E-state index in [0.29, 0.717) is 6.04 Å². The summed E-state index contributed by atoms with van der Waals surface area (Å²) in [4.78, 5) is 0. The Bertz CT molecular complexity index is 516. The van der Waals surface area contributed by atoms with Gasteiger partial charge in [0.2, 0.25) is 0 Å². The number of methoxy groups -OCH3 is 1. The molecule has 0 saturated heterocycles. The molecule has 0 bridgehead atoms. The number of hydrogen-bond acceptors (Lipinski definition) is 2. The lowest BCUT2D eigenvalue weighted by Gasteiger charge is -2.19. The molecule has 2 aromatic rings.